The van der Waals surface area contributed by atoms with E-state index in [1.165, 1.54) is 23.1 Å². The summed E-state index contributed by atoms with van der Waals surface area (Å²) in [6, 6.07) is 3.33. The van der Waals surface area contributed by atoms with E-state index < -0.39 is 12.0 Å². The number of hydrogen-bond donors (Lipinski definition) is 1. The van der Waals surface area contributed by atoms with E-state index in [4.69, 9.17) is 5.11 Å². The highest BCUT2D eigenvalue weighted by molar-refractivity contribution is 5.96. The molecule has 0 aromatic heterocycles. The van der Waals surface area contributed by atoms with Gasteiger partial charge in [-0.3, -0.25) is 4.79 Å². The van der Waals surface area contributed by atoms with Gasteiger partial charge in [-0.2, -0.15) is 0 Å². The topological polar surface area (TPSA) is 57.6 Å². The molecule has 0 spiro atoms. The van der Waals surface area contributed by atoms with Gasteiger partial charge in [-0.05, 0) is 49.9 Å². The number of piperidine rings is 1. The highest BCUT2D eigenvalue weighted by Crippen LogP contribution is 2.21. The van der Waals surface area contributed by atoms with E-state index >= 15 is 0 Å². The summed E-state index contributed by atoms with van der Waals surface area (Å²) in [5, 5.41) is 9.15. The van der Waals surface area contributed by atoms with E-state index in [0.29, 0.717) is 24.1 Å². The second-order valence-corrected chi connectivity index (χ2v) is 4.81. The minimum absolute atomic E-state index is 0.338. The number of hydrogen-bond acceptors (Lipinski definition) is 2. The zero-order valence-electron chi connectivity index (χ0n) is 10.7. The van der Waals surface area contributed by atoms with E-state index in [1.807, 2.05) is 0 Å². The summed E-state index contributed by atoms with van der Waals surface area (Å²) in [6.07, 6.45) is 2.08. The number of carbonyl (C=O) groups is 2. The van der Waals surface area contributed by atoms with Crippen molar-refractivity contribution in [2.24, 2.45) is 0 Å². The highest BCUT2D eigenvalue weighted by Gasteiger charge is 2.32. The van der Waals surface area contributed by atoms with Crippen LogP contribution in [0.5, 0.6) is 0 Å². The molecule has 4 nitrogen and oxygen atoms in total. The maximum absolute atomic E-state index is 13.2. The number of halogens is 1. The monoisotopic (exact) mass is 265 g/mol. The molecule has 1 aromatic rings. The Bertz CT molecular complexity index is 515. The molecule has 1 atom stereocenters. The molecule has 1 saturated heterocycles. The van der Waals surface area contributed by atoms with Crippen molar-refractivity contribution in [3.05, 3.63) is 35.1 Å². The van der Waals surface area contributed by atoms with Crippen LogP contribution in [0.1, 0.15) is 35.2 Å². The van der Waals surface area contributed by atoms with Crippen molar-refractivity contribution in [2.45, 2.75) is 32.2 Å². The summed E-state index contributed by atoms with van der Waals surface area (Å²) in [7, 11) is 0. The summed E-state index contributed by atoms with van der Waals surface area (Å²) in [5.41, 5.74) is 0.724. The maximum Gasteiger partial charge on any atom is 0.326 e. The Balaban J connectivity index is 2.26. The summed E-state index contributed by atoms with van der Waals surface area (Å²) in [6.45, 7) is 2.02. The van der Waals surface area contributed by atoms with Crippen LogP contribution in [0.2, 0.25) is 0 Å². The number of aliphatic carboxylic acids is 1. The molecular formula is C14H16FNO3. The van der Waals surface area contributed by atoms with Crippen LogP contribution in [0.3, 0.4) is 0 Å². The molecule has 1 aliphatic rings. The lowest BCUT2D eigenvalue weighted by Crippen LogP contribution is -2.48. The van der Waals surface area contributed by atoms with Gasteiger partial charge >= 0.3 is 5.97 Å². The second-order valence-electron chi connectivity index (χ2n) is 4.81. The van der Waals surface area contributed by atoms with E-state index in [1.54, 1.807) is 6.92 Å². The third-order valence-electron chi connectivity index (χ3n) is 3.45. The molecular weight excluding hydrogens is 249 g/mol. The highest BCUT2D eigenvalue weighted by atomic mass is 19.1. The van der Waals surface area contributed by atoms with Crippen LogP contribution in [-0.2, 0) is 4.79 Å². The van der Waals surface area contributed by atoms with Gasteiger partial charge in [0.2, 0.25) is 0 Å². The lowest BCUT2D eigenvalue weighted by Gasteiger charge is -2.33. The van der Waals surface area contributed by atoms with E-state index in [9.17, 15) is 14.0 Å². The Morgan fingerprint density at radius 2 is 2.11 bits per heavy atom. The SMILES string of the molecule is Cc1cc(C(=O)N2CCCCC2C(=O)O)ccc1F. The fourth-order valence-electron chi connectivity index (χ4n) is 2.37. The van der Waals surface area contributed by atoms with Crippen LogP contribution in [0.25, 0.3) is 0 Å². The van der Waals surface area contributed by atoms with Gasteiger partial charge in [0.15, 0.2) is 0 Å². The lowest BCUT2D eigenvalue weighted by molar-refractivity contribution is -0.143. The van der Waals surface area contributed by atoms with Crippen LogP contribution in [0.15, 0.2) is 18.2 Å². The Hall–Kier alpha value is -1.91. The lowest BCUT2D eigenvalue weighted by atomic mass is 10.0. The molecule has 5 heteroatoms. The predicted octanol–water partition coefficient (Wildman–Crippen LogP) is 2.21. The standard InChI is InChI=1S/C14H16FNO3/c1-9-8-10(5-6-11(9)15)13(17)16-7-3-2-4-12(16)14(18)19/h5-6,8,12H,2-4,7H2,1H3,(H,18,19). The number of nitrogens with zero attached hydrogens (tertiary/aromatic N) is 1. The number of aryl methyl sites for hydroxylation is 1. The number of carboxylic acids is 1. The molecule has 1 amide bonds. The molecule has 0 bridgehead atoms. The Morgan fingerprint density at radius 1 is 1.37 bits per heavy atom. The molecule has 1 aromatic carbocycles. The molecule has 1 N–H and O–H groups in total. The number of carboxylic acid groups (broad SMARTS) is 1. The number of carbonyl (C=O) groups excluding carboxylic acids is 1. The van der Waals surface area contributed by atoms with E-state index in [0.717, 1.165) is 12.8 Å². The normalized spacial score (nSPS) is 19.3. The smallest absolute Gasteiger partial charge is 0.326 e. The summed E-state index contributed by atoms with van der Waals surface area (Å²) >= 11 is 0. The predicted molar refractivity (Wildman–Crippen MR) is 67.4 cm³/mol. The first kappa shape index (κ1) is 13.5. The summed E-state index contributed by atoms with van der Waals surface area (Å²) < 4.78 is 13.2. The molecule has 19 heavy (non-hydrogen) atoms. The van der Waals surface area contributed by atoms with Gasteiger partial charge in [-0.25, -0.2) is 9.18 Å². The van der Waals surface area contributed by atoms with Crippen molar-refractivity contribution >= 4 is 11.9 Å². The Morgan fingerprint density at radius 3 is 2.74 bits per heavy atom. The molecule has 1 aliphatic heterocycles. The molecule has 1 unspecified atom stereocenters. The average Bonchev–Trinajstić information content (AvgIpc) is 2.41. The van der Waals surface area contributed by atoms with Gasteiger partial charge in [0, 0.05) is 12.1 Å². The van der Waals surface area contributed by atoms with Gasteiger partial charge in [0.1, 0.15) is 11.9 Å². The van der Waals surface area contributed by atoms with E-state index in [2.05, 4.69) is 0 Å². The zero-order chi connectivity index (χ0) is 14.0. The quantitative estimate of drug-likeness (QED) is 0.892. The fourth-order valence-corrected chi connectivity index (χ4v) is 2.37. The van der Waals surface area contributed by atoms with Gasteiger partial charge in [0.25, 0.3) is 5.91 Å². The first-order valence-corrected chi connectivity index (χ1v) is 6.30. The molecule has 2 rings (SSSR count). The number of likely N-dealkylation sites (tertiary alicyclic amines) is 1. The average molecular weight is 265 g/mol. The van der Waals surface area contributed by atoms with Crippen molar-refractivity contribution in [3.8, 4) is 0 Å². The van der Waals surface area contributed by atoms with Gasteiger partial charge in [-0.1, -0.05) is 0 Å². The van der Waals surface area contributed by atoms with Crippen molar-refractivity contribution < 1.29 is 19.1 Å². The van der Waals surface area contributed by atoms with Crippen molar-refractivity contribution in [1.82, 2.24) is 4.90 Å². The van der Waals surface area contributed by atoms with Gasteiger partial charge < -0.3 is 10.0 Å². The third kappa shape index (κ3) is 2.75. The van der Waals surface area contributed by atoms with Gasteiger partial charge in [0.05, 0.1) is 0 Å². The van der Waals surface area contributed by atoms with Crippen LogP contribution >= 0.6 is 0 Å². The minimum atomic E-state index is -0.980. The van der Waals surface area contributed by atoms with Crippen molar-refractivity contribution in [3.63, 3.8) is 0 Å². The maximum atomic E-state index is 13.2. The first-order chi connectivity index (χ1) is 9.00. The second kappa shape index (κ2) is 5.38. The Kier molecular flexibility index (Phi) is 3.83. The van der Waals surface area contributed by atoms with Crippen molar-refractivity contribution in [1.29, 1.82) is 0 Å². The largest absolute Gasteiger partial charge is 0.480 e. The number of benzene rings is 1. The first-order valence-electron chi connectivity index (χ1n) is 6.30. The minimum Gasteiger partial charge on any atom is -0.480 e. The third-order valence-corrected chi connectivity index (χ3v) is 3.45. The Labute approximate surface area is 110 Å². The van der Waals surface area contributed by atoms with Crippen LogP contribution in [0, 0.1) is 12.7 Å². The summed E-state index contributed by atoms with van der Waals surface area (Å²) in [4.78, 5) is 24.9. The number of amides is 1. The number of rotatable bonds is 2. The molecule has 102 valence electrons. The van der Waals surface area contributed by atoms with E-state index in [-0.39, 0.29) is 11.7 Å². The van der Waals surface area contributed by atoms with Gasteiger partial charge in [-0.15, -0.1) is 0 Å². The fraction of sp³-hybridized carbons (Fsp3) is 0.429. The molecule has 1 heterocycles. The molecule has 1 fully saturated rings. The van der Waals surface area contributed by atoms with Crippen LogP contribution in [0.4, 0.5) is 4.39 Å². The summed E-state index contributed by atoms with van der Waals surface area (Å²) in [5.74, 6) is -1.69. The molecule has 0 radical (unpaired) electrons. The van der Waals surface area contributed by atoms with Crippen molar-refractivity contribution in [2.75, 3.05) is 6.54 Å². The zero-order valence-corrected chi connectivity index (χ0v) is 10.7. The molecule has 0 saturated carbocycles. The van der Waals surface area contributed by atoms with Crippen LogP contribution in [-0.4, -0.2) is 34.5 Å². The molecule has 0 aliphatic carbocycles. The van der Waals surface area contributed by atoms with Crippen LogP contribution < -0.4 is 0 Å².